The van der Waals surface area contributed by atoms with Gasteiger partial charge in [-0.3, -0.25) is 0 Å². The summed E-state index contributed by atoms with van der Waals surface area (Å²) in [6.45, 7) is 4.09. The molecule has 3 N–H and O–H groups in total. The third kappa shape index (κ3) is 4.19. The second-order valence-electron chi connectivity index (χ2n) is 5.90. The van der Waals surface area contributed by atoms with Crippen LogP contribution in [0, 0.1) is 0 Å². The summed E-state index contributed by atoms with van der Waals surface area (Å²) in [5.74, 6) is 0. The third-order valence-electron chi connectivity index (χ3n) is 3.28. The van der Waals surface area contributed by atoms with Gasteiger partial charge in [-0.2, -0.15) is 0 Å². The molecule has 112 valence electrons. The van der Waals surface area contributed by atoms with Crippen LogP contribution in [0.3, 0.4) is 0 Å². The zero-order valence-electron chi connectivity index (χ0n) is 11.9. The van der Waals surface area contributed by atoms with Gasteiger partial charge in [0.15, 0.2) is 0 Å². The number of hydrogen-bond acceptors (Lipinski definition) is 4. The molecule has 1 fully saturated rings. The average Bonchev–Trinajstić information content (AvgIpc) is 3.12. The topological polar surface area (TPSA) is 78.4 Å². The molecular formula is C14H22N2O3S. The minimum absolute atomic E-state index is 0.109. The largest absolute Gasteiger partial charge is 0.396 e. The van der Waals surface area contributed by atoms with E-state index < -0.39 is 10.0 Å². The maximum atomic E-state index is 12.0. The number of anilines is 1. The van der Waals surface area contributed by atoms with Gasteiger partial charge in [0.1, 0.15) is 0 Å². The Morgan fingerprint density at radius 1 is 1.25 bits per heavy atom. The lowest BCUT2D eigenvalue weighted by molar-refractivity contribution is 0.261. The van der Waals surface area contributed by atoms with E-state index in [4.69, 9.17) is 5.11 Å². The number of hydrogen-bond donors (Lipinski definition) is 3. The number of aliphatic hydroxyl groups excluding tert-OH is 1. The first-order valence-corrected chi connectivity index (χ1v) is 8.32. The van der Waals surface area contributed by atoms with Crippen LogP contribution >= 0.6 is 0 Å². The van der Waals surface area contributed by atoms with Crippen molar-refractivity contribution in [1.29, 1.82) is 0 Å². The van der Waals surface area contributed by atoms with E-state index in [1.807, 2.05) is 13.8 Å². The Labute approximate surface area is 120 Å². The first-order chi connectivity index (χ1) is 9.32. The minimum atomic E-state index is -3.39. The fourth-order valence-corrected chi connectivity index (χ4v) is 3.24. The summed E-state index contributed by atoms with van der Waals surface area (Å²) in [6.07, 6.45) is 2.47. The van der Waals surface area contributed by atoms with Crippen LogP contribution in [0.5, 0.6) is 0 Å². The fourth-order valence-electron chi connectivity index (χ4n) is 1.94. The Morgan fingerprint density at radius 2 is 1.85 bits per heavy atom. The molecule has 1 aromatic carbocycles. The van der Waals surface area contributed by atoms with Crippen LogP contribution < -0.4 is 10.0 Å². The second-order valence-corrected chi connectivity index (χ2v) is 7.62. The molecule has 0 radical (unpaired) electrons. The standard InChI is InChI=1S/C14H22N2O3S/c1-14(2,9-10-17)15-11-5-7-13(8-6-11)20(18,19)16-12-3-4-12/h5-8,12,15-17H,3-4,9-10H2,1-2H3. The van der Waals surface area contributed by atoms with Gasteiger partial charge in [0, 0.05) is 23.9 Å². The molecule has 20 heavy (non-hydrogen) atoms. The maximum absolute atomic E-state index is 12.0. The predicted octanol–water partition coefficient (Wildman–Crippen LogP) is 1.70. The number of nitrogens with one attached hydrogen (secondary N) is 2. The fraction of sp³-hybridized carbons (Fsp3) is 0.571. The van der Waals surface area contributed by atoms with Crippen LogP contribution in [0.25, 0.3) is 0 Å². The molecule has 0 amide bonds. The lowest BCUT2D eigenvalue weighted by Gasteiger charge is -2.26. The number of rotatable bonds is 7. The van der Waals surface area contributed by atoms with Gasteiger partial charge >= 0.3 is 0 Å². The highest BCUT2D eigenvalue weighted by Crippen LogP contribution is 2.24. The van der Waals surface area contributed by atoms with Crippen molar-refractivity contribution >= 4 is 15.7 Å². The van der Waals surface area contributed by atoms with E-state index >= 15 is 0 Å². The van der Waals surface area contributed by atoms with Crippen molar-refractivity contribution in [2.75, 3.05) is 11.9 Å². The first kappa shape index (κ1) is 15.3. The van der Waals surface area contributed by atoms with Gasteiger partial charge in [-0.15, -0.1) is 0 Å². The van der Waals surface area contributed by atoms with Gasteiger partial charge in [0.2, 0.25) is 10.0 Å². The van der Waals surface area contributed by atoms with Crippen molar-refractivity contribution in [1.82, 2.24) is 4.72 Å². The highest BCUT2D eigenvalue weighted by molar-refractivity contribution is 7.89. The van der Waals surface area contributed by atoms with Crippen LogP contribution in [0.15, 0.2) is 29.2 Å². The van der Waals surface area contributed by atoms with Crippen molar-refractivity contribution in [3.63, 3.8) is 0 Å². The normalized spacial score (nSPS) is 16.1. The molecule has 0 aliphatic heterocycles. The van der Waals surface area contributed by atoms with Gasteiger partial charge in [0.25, 0.3) is 0 Å². The molecule has 1 aromatic rings. The van der Waals surface area contributed by atoms with Crippen LogP contribution in [0.1, 0.15) is 33.1 Å². The van der Waals surface area contributed by atoms with E-state index in [2.05, 4.69) is 10.0 Å². The van der Waals surface area contributed by atoms with E-state index in [0.717, 1.165) is 18.5 Å². The number of aliphatic hydroxyl groups is 1. The Hall–Kier alpha value is -1.11. The van der Waals surface area contributed by atoms with Crippen LogP contribution in [-0.4, -0.2) is 31.7 Å². The molecule has 1 saturated carbocycles. The summed E-state index contributed by atoms with van der Waals surface area (Å²) >= 11 is 0. The summed E-state index contributed by atoms with van der Waals surface area (Å²) in [6, 6.07) is 6.81. The molecule has 0 aromatic heterocycles. The highest BCUT2D eigenvalue weighted by atomic mass is 32.2. The molecule has 0 spiro atoms. The van der Waals surface area contributed by atoms with Crippen LogP contribution in [0.2, 0.25) is 0 Å². The van der Waals surface area contributed by atoms with E-state index in [-0.39, 0.29) is 23.1 Å². The summed E-state index contributed by atoms with van der Waals surface area (Å²) in [5.41, 5.74) is 0.607. The molecule has 6 heteroatoms. The molecule has 5 nitrogen and oxygen atoms in total. The summed E-state index contributed by atoms with van der Waals surface area (Å²) in [4.78, 5) is 0.287. The summed E-state index contributed by atoms with van der Waals surface area (Å²) in [5, 5.41) is 12.3. The molecule has 0 bridgehead atoms. The van der Waals surface area contributed by atoms with E-state index in [1.165, 1.54) is 0 Å². The Balaban J connectivity index is 2.06. The number of sulfonamides is 1. The zero-order chi connectivity index (χ0) is 14.8. The van der Waals surface area contributed by atoms with Crippen molar-refractivity contribution in [2.24, 2.45) is 0 Å². The SMILES string of the molecule is CC(C)(CCO)Nc1ccc(S(=O)(=O)NC2CC2)cc1. The Bertz CT molecular complexity index is 548. The van der Waals surface area contributed by atoms with Gasteiger partial charge in [-0.25, -0.2) is 13.1 Å². The van der Waals surface area contributed by atoms with Crippen LogP contribution in [-0.2, 0) is 10.0 Å². The zero-order valence-corrected chi connectivity index (χ0v) is 12.7. The van der Waals surface area contributed by atoms with E-state index in [9.17, 15) is 8.42 Å². The lowest BCUT2D eigenvalue weighted by Crippen LogP contribution is -2.31. The molecule has 0 saturated heterocycles. The van der Waals surface area contributed by atoms with Gasteiger partial charge in [0.05, 0.1) is 4.90 Å². The third-order valence-corrected chi connectivity index (χ3v) is 4.82. The molecule has 2 rings (SSSR count). The van der Waals surface area contributed by atoms with Crippen molar-refractivity contribution in [3.05, 3.63) is 24.3 Å². The lowest BCUT2D eigenvalue weighted by atomic mass is 10.0. The number of benzene rings is 1. The van der Waals surface area contributed by atoms with Crippen molar-refractivity contribution in [2.45, 2.75) is 49.6 Å². The molecule has 1 aliphatic rings. The average molecular weight is 298 g/mol. The first-order valence-electron chi connectivity index (χ1n) is 6.84. The predicted molar refractivity (Wildman–Crippen MR) is 79.2 cm³/mol. The quantitative estimate of drug-likeness (QED) is 0.716. The molecule has 0 heterocycles. The Morgan fingerprint density at radius 3 is 2.35 bits per heavy atom. The molecule has 0 unspecified atom stereocenters. The van der Waals surface area contributed by atoms with Crippen LogP contribution in [0.4, 0.5) is 5.69 Å². The van der Waals surface area contributed by atoms with E-state index in [0.29, 0.717) is 6.42 Å². The molecular weight excluding hydrogens is 276 g/mol. The van der Waals surface area contributed by atoms with Gasteiger partial charge in [-0.1, -0.05) is 0 Å². The van der Waals surface area contributed by atoms with E-state index in [1.54, 1.807) is 24.3 Å². The minimum Gasteiger partial charge on any atom is -0.396 e. The molecule has 1 aliphatic carbocycles. The van der Waals surface area contributed by atoms with Gasteiger partial charge < -0.3 is 10.4 Å². The van der Waals surface area contributed by atoms with Crippen molar-refractivity contribution in [3.8, 4) is 0 Å². The molecule has 0 atom stereocenters. The monoisotopic (exact) mass is 298 g/mol. The smallest absolute Gasteiger partial charge is 0.240 e. The Kier molecular flexibility index (Phi) is 4.36. The maximum Gasteiger partial charge on any atom is 0.240 e. The summed E-state index contributed by atoms with van der Waals surface area (Å²) in [7, 11) is -3.39. The second kappa shape index (κ2) is 5.71. The summed E-state index contributed by atoms with van der Waals surface area (Å²) < 4.78 is 26.7. The van der Waals surface area contributed by atoms with Crippen molar-refractivity contribution < 1.29 is 13.5 Å². The van der Waals surface area contributed by atoms with Gasteiger partial charge in [-0.05, 0) is 57.4 Å². The highest BCUT2D eigenvalue weighted by Gasteiger charge is 2.27.